The second-order valence-electron chi connectivity index (χ2n) is 11.8. The third kappa shape index (κ3) is 6.63. The predicted molar refractivity (Wildman–Crippen MR) is 159 cm³/mol. The van der Waals surface area contributed by atoms with E-state index in [2.05, 4.69) is 5.10 Å². The van der Waals surface area contributed by atoms with Crippen LogP contribution >= 0.6 is 23.2 Å². The molecule has 2 aromatic carbocycles. The molecule has 0 N–H and O–H groups in total. The number of alkyl halides is 3. The number of hydrogen-bond acceptors (Lipinski definition) is 5. The van der Waals surface area contributed by atoms with Crippen LogP contribution in [-0.2, 0) is 37.6 Å². The molecule has 0 bridgehead atoms. The lowest BCUT2D eigenvalue weighted by Crippen LogP contribution is -2.34. The second-order valence-corrected chi connectivity index (χ2v) is 14.1. The van der Waals surface area contributed by atoms with Crippen LogP contribution in [0.4, 0.5) is 13.2 Å². The zero-order valence-corrected chi connectivity index (χ0v) is 26.2. The van der Waals surface area contributed by atoms with Crippen molar-refractivity contribution in [2.24, 2.45) is 5.92 Å². The molecule has 3 atom stereocenters. The van der Waals surface area contributed by atoms with E-state index in [0.717, 1.165) is 11.1 Å². The number of rotatable bonds is 6. The van der Waals surface area contributed by atoms with Crippen LogP contribution < -0.4 is 0 Å². The van der Waals surface area contributed by atoms with E-state index in [4.69, 9.17) is 27.9 Å². The summed E-state index contributed by atoms with van der Waals surface area (Å²) in [6.07, 6.45) is 3.61. The molecule has 230 valence electrons. The van der Waals surface area contributed by atoms with E-state index in [1.807, 2.05) is 0 Å². The van der Waals surface area contributed by atoms with Gasteiger partial charge < -0.3 is 9.64 Å². The van der Waals surface area contributed by atoms with Gasteiger partial charge in [-0.3, -0.25) is 4.79 Å². The number of ether oxygens (including phenoxy) is 1. The molecule has 1 amide bonds. The molecule has 43 heavy (non-hydrogen) atoms. The number of hydrogen-bond donors (Lipinski definition) is 0. The molecule has 1 fully saturated rings. The number of likely N-dealkylation sites (tertiary alicyclic amines) is 1. The Bertz CT molecular complexity index is 1560. The first-order chi connectivity index (χ1) is 20.1. The van der Waals surface area contributed by atoms with Crippen molar-refractivity contribution in [3.05, 3.63) is 75.0 Å². The molecule has 0 saturated carbocycles. The summed E-state index contributed by atoms with van der Waals surface area (Å²) >= 11 is 13.3. The summed E-state index contributed by atoms with van der Waals surface area (Å²) in [6, 6.07) is 10.0. The Morgan fingerprint density at radius 1 is 1.07 bits per heavy atom. The van der Waals surface area contributed by atoms with Gasteiger partial charge in [0.15, 0.2) is 0 Å². The predicted octanol–water partition coefficient (Wildman–Crippen LogP) is 7.26. The molecule has 7 nitrogen and oxygen atoms in total. The maximum atomic E-state index is 13.5. The lowest BCUT2D eigenvalue weighted by molar-refractivity contribution is -0.133. The Balaban J connectivity index is 1.30. The van der Waals surface area contributed by atoms with Crippen molar-refractivity contribution in [1.82, 2.24) is 14.1 Å². The van der Waals surface area contributed by atoms with Gasteiger partial charge in [-0.15, -0.1) is 18.3 Å². The van der Waals surface area contributed by atoms with Gasteiger partial charge in [0.2, 0.25) is 5.91 Å². The molecular formula is C30H31Cl2F3N3O4S+. The smallest absolute Gasteiger partial charge is 0.456 e. The van der Waals surface area contributed by atoms with Crippen molar-refractivity contribution >= 4 is 46.1 Å². The van der Waals surface area contributed by atoms with Gasteiger partial charge in [-0.25, -0.2) is 4.79 Å². The van der Waals surface area contributed by atoms with Gasteiger partial charge in [-0.1, -0.05) is 43.6 Å². The third-order valence-electron chi connectivity index (χ3n) is 7.69. The van der Waals surface area contributed by atoms with E-state index >= 15 is 0 Å². The van der Waals surface area contributed by atoms with Gasteiger partial charge in [0.05, 0.1) is 23.5 Å². The molecule has 3 aromatic rings. The molecule has 1 aliphatic carbocycles. The highest BCUT2D eigenvalue weighted by atomic mass is 35.5. The molecular weight excluding hydrogens is 626 g/mol. The lowest BCUT2D eigenvalue weighted by atomic mass is 9.91. The Kier molecular flexibility index (Phi) is 8.72. The number of nitrogens with zero attached hydrogens (tertiary/aromatic N) is 3. The minimum atomic E-state index is -4.89. The molecule has 13 heteroatoms. The molecule has 1 aliphatic heterocycles. The highest BCUT2D eigenvalue weighted by molar-refractivity contribution is 7.84. The summed E-state index contributed by atoms with van der Waals surface area (Å²) in [7, 11) is -3.71. The fourth-order valence-electron chi connectivity index (χ4n) is 5.71. The number of esters is 1. The quantitative estimate of drug-likeness (QED) is 0.158. The van der Waals surface area contributed by atoms with E-state index in [1.165, 1.54) is 6.20 Å². The first-order valence-corrected chi connectivity index (χ1v) is 15.8. The van der Waals surface area contributed by atoms with Crippen LogP contribution in [0.5, 0.6) is 0 Å². The number of fused-ring (bicyclic) bond motifs is 1. The topological polar surface area (TPSA) is 81.5 Å². The molecule has 0 spiro atoms. The molecule has 5 rings (SSSR count). The summed E-state index contributed by atoms with van der Waals surface area (Å²) in [5, 5.41) is 4.61. The van der Waals surface area contributed by atoms with Gasteiger partial charge in [0.25, 0.3) is 11.0 Å². The van der Waals surface area contributed by atoms with Crippen LogP contribution in [0, 0.1) is 5.92 Å². The largest absolute Gasteiger partial charge is 0.601 e. The Morgan fingerprint density at radius 3 is 2.33 bits per heavy atom. The fraction of sp³-hybridized carbons (Fsp3) is 0.433. The van der Waals surface area contributed by atoms with Crippen LogP contribution in [-0.4, -0.2) is 43.6 Å². The molecule has 2 heterocycles. The van der Waals surface area contributed by atoms with Gasteiger partial charge in [0.1, 0.15) is 5.60 Å². The first-order valence-electron chi connectivity index (χ1n) is 13.9. The van der Waals surface area contributed by atoms with E-state index in [1.54, 1.807) is 62.1 Å². The Morgan fingerprint density at radius 2 is 1.72 bits per heavy atom. The lowest BCUT2D eigenvalue weighted by Gasteiger charge is -2.31. The van der Waals surface area contributed by atoms with Crippen LogP contribution in [0.3, 0.4) is 0 Å². The van der Waals surface area contributed by atoms with Crippen molar-refractivity contribution in [2.75, 3.05) is 6.54 Å². The van der Waals surface area contributed by atoms with Gasteiger partial charge in [0, 0.05) is 28.1 Å². The van der Waals surface area contributed by atoms with Crippen LogP contribution in [0.25, 0.3) is 11.1 Å². The van der Waals surface area contributed by atoms with E-state index in [9.17, 15) is 27.0 Å². The number of amides is 1. The first kappa shape index (κ1) is 31.5. The minimum absolute atomic E-state index is 0.125. The average molecular weight is 658 g/mol. The van der Waals surface area contributed by atoms with Crippen molar-refractivity contribution < 1.29 is 31.7 Å². The SMILES string of the molecule is CC(C)(C)OC(=O)c1ccc(-c2cc(Cl)c(C[C@@H]3CCN(C4CCCc5c4cnn5[SH+](=O)C(F)(F)F)C3=O)c(Cl)c2)cc1. The van der Waals surface area contributed by atoms with Crippen LogP contribution in [0.15, 0.2) is 42.6 Å². The van der Waals surface area contributed by atoms with Crippen LogP contribution in [0.2, 0.25) is 10.0 Å². The molecule has 1 aromatic heterocycles. The van der Waals surface area contributed by atoms with Crippen molar-refractivity contribution in [1.29, 1.82) is 0 Å². The number of thiol groups is 1. The van der Waals surface area contributed by atoms with E-state index in [-0.39, 0.29) is 11.6 Å². The number of carbonyl (C=O) groups is 2. The van der Waals surface area contributed by atoms with Crippen molar-refractivity contribution in [3.63, 3.8) is 0 Å². The highest BCUT2D eigenvalue weighted by Gasteiger charge is 2.49. The minimum Gasteiger partial charge on any atom is -0.456 e. The fourth-order valence-corrected chi connectivity index (χ4v) is 7.15. The Hall–Kier alpha value is -2.89. The number of benzene rings is 2. The summed E-state index contributed by atoms with van der Waals surface area (Å²) < 4.78 is 57.4. The Labute approximate surface area is 259 Å². The normalized spacial score (nSPS) is 19.8. The molecule has 2 aliphatic rings. The molecule has 1 saturated heterocycles. The maximum absolute atomic E-state index is 13.5. The molecule has 0 radical (unpaired) electrons. The summed E-state index contributed by atoms with van der Waals surface area (Å²) in [5.41, 5.74) is -2.11. The van der Waals surface area contributed by atoms with Crippen LogP contribution in [0.1, 0.15) is 73.3 Å². The number of halogens is 5. The van der Waals surface area contributed by atoms with Gasteiger partial charge in [-0.05, 0) is 93.8 Å². The van der Waals surface area contributed by atoms with Gasteiger partial charge in [-0.2, -0.15) is 0 Å². The zero-order chi connectivity index (χ0) is 31.3. The van der Waals surface area contributed by atoms with Gasteiger partial charge >= 0.3 is 11.5 Å². The van der Waals surface area contributed by atoms with E-state index < -0.39 is 40.0 Å². The number of carbonyl (C=O) groups excluding carboxylic acids is 2. The number of aromatic nitrogens is 2. The summed E-state index contributed by atoms with van der Waals surface area (Å²) in [5.74, 6) is -0.947. The average Bonchev–Trinajstić information content (AvgIpc) is 3.52. The van der Waals surface area contributed by atoms with E-state index in [0.29, 0.717) is 69.5 Å². The standard InChI is InChI=1S/C30H30Cl2F3N3O4S/c1-29(2,3)42-28(40)18-9-7-17(8-10-18)20-14-23(31)21(24(32)15-20)13-19-11-12-37(27(19)39)25-5-4-6-26-22(25)16-36-38(26)43(41)30(33,34)35/h7-10,14-16,19,25H,4-6,11-13H2,1-3H3/p+1/t19-,25?,43?/m0/s1. The maximum Gasteiger partial charge on any atom is 0.601 e. The summed E-state index contributed by atoms with van der Waals surface area (Å²) in [4.78, 5) is 27.6. The zero-order valence-electron chi connectivity index (χ0n) is 23.8. The molecule has 2 unspecified atom stereocenters. The second kappa shape index (κ2) is 11.9. The third-order valence-corrected chi connectivity index (χ3v) is 9.49. The van der Waals surface area contributed by atoms with Crippen molar-refractivity contribution in [2.45, 2.75) is 70.0 Å². The highest BCUT2D eigenvalue weighted by Crippen LogP contribution is 2.41. The van der Waals surface area contributed by atoms with Crippen molar-refractivity contribution in [3.8, 4) is 11.1 Å². The monoisotopic (exact) mass is 656 g/mol. The summed E-state index contributed by atoms with van der Waals surface area (Å²) in [6.45, 7) is 5.83.